The molecule has 1 fully saturated rings. The highest BCUT2D eigenvalue weighted by molar-refractivity contribution is 5.65. The fourth-order valence-corrected chi connectivity index (χ4v) is 6.75. The molecule has 5 nitrogen and oxygen atoms in total. The van der Waals surface area contributed by atoms with E-state index in [9.17, 15) is 0 Å². The predicted molar refractivity (Wildman–Crippen MR) is 168 cm³/mol. The van der Waals surface area contributed by atoms with Crippen molar-refractivity contribution in [2.45, 2.75) is 84.1 Å². The van der Waals surface area contributed by atoms with Crippen LogP contribution in [-0.4, -0.2) is 64.1 Å². The zero-order valence-electron chi connectivity index (χ0n) is 25.0. The smallest absolute Gasteiger partial charge is 0.113 e. The molecule has 214 valence electrons. The maximum Gasteiger partial charge on any atom is 0.113 e. The SMILES string of the molecule is C=C1CCCCN2CCCN(CCC(n3cc(-c4ccccc4)nn3)CCCCc3cc1cc(C)c3CC)CC2. The maximum absolute atomic E-state index is 4.66. The van der Waals surface area contributed by atoms with Gasteiger partial charge < -0.3 is 9.80 Å². The van der Waals surface area contributed by atoms with Crippen LogP contribution in [0, 0.1) is 6.92 Å². The average molecular weight is 540 g/mol. The third kappa shape index (κ3) is 7.50. The molecule has 4 bridgehead atoms. The molecule has 3 aromatic rings. The lowest BCUT2D eigenvalue weighted by Gasteiger charge is -2.24. The number of allylic oxidation sites excluding steroid dienone is 1. The van der Waals surface area contributed by atoms with E-state index in [1.165, 1.54) is 92.7 Å². The van der Waals surface area contributed by atoms with Crippen molar-refractivity contribution in [3.05, 3.63) is 77.5 Å². The van der Waals surface area contributed by atoms with Crippen LogP contribution in [0.5, 0.6) is 0 Å². The lowest BCUT2D eigenvalue weighted by Crippen LogP contribution is -2.32. The first-order valence-corrected chi connectivity index (χ1v) is 15.8. The minimum Gasteiger partial charge on any atom is -0.302 e. The third-order valence-corrected chi connectivity index (χ3v) is 9.18. The summed E-state index contributed by atoms with van der Waals surface area (Å²) < 4.78 is 2.17. The van der Waals surface area contributed by atoms with Crippen LogP contribution in [0.25, 0.3) is 16.8 Å². The van der Waals surface area contributed by atoms with Gasteiger partial charge >= 0.3 is 0 Å². The van der Waals surface area contributed by atoms with Gasteiger partial charge in [0.15, 0.2) is 0 Å². The van der Waals surface area contributed by atoms with Gasteiger partial charge in [0.05, 0.1) is 12.2 Å². The minimum absolute atomic E-state index is 0.380. The molecule has 40 heavy (non-hydrogen) atoms. The number of aromatic nitrogens is 3. The highest BCUT2D eigenvalue weighted by Gasteiger charge is 2.19. The molecule has 0 amide bonds. The first-order chi connectivity index (χ1) is 19.6. The molecule has 5 heteroatoms. The fraction of sp³-hybridized carbons (Fsp3) is 0.543. The van der Waals surface area contributed by atoms with Gasteiger partial charge in [0.1, 0.15) is 5.69 Å². The number of benzene rings is 2. The van der Waals surface area contributed by atoms with E-state index in [1.807, 2.05) is 0 Å². The van der Waals surface area contributed by atoms with Crippen molar-refractivity contribution >= 4 is 5.57 Å². The number of aryl methyl sites for hydroxylation is 2. The van der Waals surface area contributed by atoms with E-state index < -0.39 is 0 Å². The molecule has 0 saturated carbocycles. The van der Waals surface area contributed by atoms with E-state index in [-0.39, 0.29) is 0 Å². The largest absolute Gasteiger partial charge is 0.302 e. The van der Waals surface area contributed by atoms with E-state index in [0.717, 1.165) is 49.9 Å². The summed E-state index contributed by atoms with van der Waals surface area (Å²) in [6, 6.07) is 15.7. The van der Waals surface area contributed by atoms with E-state index in [4.69, 9.17) is 0 Å². The summed E-state index contributed by atoms with van der Waals surface area (Å²) in [5.74, 6) is 0. The summed E-state index contributed by atoms with van der Waals surface area (Å²) >= 11 is 0. The van der Waals surface area contributed by atoms with Crippen molar-refractivity contribution in [2.75, 3.05) is 39.3 Å². The van der Waals surface area contributed by atoms with Crippen molar-refractivity contribution in [1.82, 2.24) is 24.8 Å². The Balaban J connectivity index is 1.35. The summed E-state index contributed by atoms with van der Waals surface area (Å²) in [4.78, 5) is 5.38. The number of hydrogen-bond acceptors (Lipinski definition) is 4. The molecule has 0 spiro atoms. The first-order valence-electron chi connectivity index (χ1n) is 15.8. The van der Waals surface area contributed by atoms with Gasteiger partial charge in [-0.15, -0.1) is 5.10 Å². The van der Waals surface area contributed by atoms with E-state index in [0.29, 0.717) is 6.04 Å². The Hall–Kier alpha value is -2.76. The molecule has 5 rings (SSSR count). The number of rotatable bonds is 3. The number of fused-ring (bicyclic) bond motifs is 5. The second kappa shape index (κ2) is 14.2. The normalized spacial score (nSPS) is 23.6. The van der Waals surface area contributed by atoms with Gasteiger partial charge in [0, 0.05) is 25.2 Å². The van der Waals surface area contributed by atoms with Crippen LogP contribution in [-0.2, 0) is 12.8 Å². The van der Waals surface area contributed by atoms with Gasteiger partial charge in [-0.25, -0.2) is 4.68 Å². The Morgan fingerprint density at radius 3 is 2.35 bits per heavy atom. The molecule has 1 saturated heterocycles. The summed E-state index contributed by atoms with van der Waals surface area (Å²) in [7, 11) is 0. The minimum atomic E-state index is 0.380. The third-order valence-electron chi connectivity index (χ3n) is 9.18. The lowest BCUT2D eigenvalue weighted by atomic mass is 9.90. The summed E-state index contributed by atoms with van der Waals surface area (Å²) in [6.45, 7) is 16.3. The predicted octanol–water partition coefficient (Wildman–Crippen LogP) is 7.36. The maximum atomic E-state index is 4.66. The molecule has 2 aliphatic heterocycles. The Kier molecular flexibility index (Phi) is 10.2. The highest BCUT2D eigenvalue weighted by atomic mass is 15.4. The van der Waals surface area contributed by atoms with Crippen LogP contribution in [0.4, 0.5) is 0 Å². The van der Waals surface area contributed by atoms with Crippen molar-refractivity contribution in [2.24, 2.45) is 0 Å². The standard InChI is InChI=1S/C35H49N5/c1-4-34-29(3)25-32-26-31(34)16-8-9-17-33(40-27-35(36-37-40)30-14-6-5-7-15-30)18-22-39-21-12-20-38(23-24-39)19-11-10-13-28(32)2/h5-7,14-15,25-27,33H,2,4,8-13,16-24H2,1,3H3. The molecule has 3 heterocycles. The van der Waals surface area contributed by atoms with Crippen LogP contribution >= 0.6 is 0 Å². The summed E-state index contributed by atoms with van der Waals surface area (Å²) in [5.41, 5.74) is 9.30. The molecule has 1 aromatic heterocycles. The van der Waals surface area contributed by atoms with E-state index >= 15 is 0 Å². The van der Waals surface area contributed by atoms with Gasteiger partial charge in [-0.3, -0.25) is 0 Å². The Labute approximate surface area is 242 Å². The summed E-state index contributed by atoms with van der Waals surface area (Å²) in [5, 5.41) is 9.23. The quantitative estimate of drug-likeness (QED) is 0.348. The molecule has 0 aliphatic carbocycles. The molecule has 2 aliphatic rings. The summed E-state index contributed by atoms with van der Waals surface area (Å²) in [6.07, 6.45) is 14.0. The number of nitrogens with zero attached hydrogens (tertiary/aromatic N) is 5. The van der Waals surface area contributed by atoms with E-state index in [2.05, 4.69) is 93.9 Å². The Morgan fingerprint density at radius 1 is 0.800 bits per heavy atom. The monoisotopic (exact) mass is 539 g/mol. The van der Waals surface area contributed by atoms with Crippen molar-refractivity contribution in [1.29, 1.82) is 0 Å². The van der Waals surface area contributed by atoms with Crippen molar-refractivity contribution in [3.8, 4) is 11.3 Å². The van der Waals surface area contributed by atoms with Crippen LogP contribution in [0.2, 0.25) is 0 Å². The van der Waals surface area contributed by atoms with Crippen LogP contribution in [0.1, 0.15) is 86.6 Å². The second-order valence-corrected chi connectivity index (χ2v) is 12.0. The van der Waals surface area contributed by atoms with Crippen molar-refractivity contribution in [3.63, 3.8) is 0 Å². The van der Waals surface area contributed by atoms with Crippen LogP contribution in [0.3, 0.4) is 0 Å². The zero-order valence-corrected chi connectivity index (χ0v) is 25.0. The second-order valence-electron chi connectivity index (χ2n) is 12.0. The average Bonchev–Trinajstić information content (AvgIpc) is 3.35. The molecule has 3 atom stereocenters. The molecule has 0 radical (unpaired) electrons. The van der Waals surface area contributed by atoms with Gasteiger partial charge in [0.25, 0.3) is 0 Å². The van der Waals surface area contributed by atoms with Crippen LogP contribution in [0.15, 0.2) is 55.2 Å². The Morgan fingerprint density at radius 2 is 1.55 bits per heavy atom. The van der Waals surface area contributed by atoms with Gasteiger partial charge in [-0.2, -0.15) is 0 Å². The van der Waals surface area contributed by atoms with Crippen molar-refractivity contribution < 1.29 is 0 Å². The van der Waals surface area contributed by atoms with Gasteiger partial charge in [-0.1, -0.05) is 67.6 Å². The molecular weight excluding hydrogens is 490 g/mol. The zero-order chi connectivity index (χ0) is 27.7. The molecule has 3 unspecified atom stereocenters. The topological polar surface area (TPSA) is 37.2 Å². The fourth-order valence-electron chi connectivity index (χ4n) is 6.75. The molecular formula is C35H49N5. The Bertz CT molecular complexity index is 1230. The van der Waals surface area contributed by atoms with Crippen LogP contribution < -0.4 is 0 Å². The van der Waals surface area contributed by atoms with Gasteiger partial charge in [0.2, 0.25) is 0 Å². The molecule has 0 N–H and O–H groups in total. The highest BCUT2D eigenvalue weighted by Crippen LogP contribution is 2.28. The van der Waals surface area contributed by atoms with E-state index in [1.54, 1.807) is 0 Å². The number of hydrogen-bond donors (Lipinski definition) is 0. The lowest BCUT2D eigenvalue weighted by molar-refractivity contribution is 0.234. The van der Waals surface area contributed by atoms with Gasteiger partial charge in [-0.05, 0) is 112 Å². The molecule has 2 aromatic carbocycles. The first kappa shape index (κ1) is 28.8.